The van der Waals surface area contributed by atoms with Gasteiger partial charge in [0.1, 0.15) is 22.7 Å². The van der Waals surface area contributed by atoms with Crippen LogP contribution in [-0.4, -0.2) is 58.1 Å². The SMILES string of the molecule is Cc1ccccc1C1=CC=CC(c2nc3cc(CN4CCC[C@H]4C(=O)O)c(OC(F)F)cc3o2)(c2ccc(CN3CCCC3)s2)C1C. The number of aromatic nitrogens is 1. The number of fused-ring (bicyclic) bond motifs is 1. The smallest absolute Gasteiger partial charge is 0.387 e. The van der Waals surface area contributed by atoms with Crippen LogP contribution in [0.2, 0.25) is 0 Å². The number of rotatable bonds is 10. The van der Waals surface area contributed by atoms with Gasteiger partial charge in [0.05, 0.1) is 0 Å². The molecule has 47 heavy (non-hydrogen) atoms. The van der Waals surface area contributed by atoms with Crippen LogP contribution in [0.4, 0.5) is 8.78 Å². The number of hydrogen-bond acceptors (Lipinski definition) is 7. The Hall–Kier alpha value is -3.86. The van der Waals surface area contributed by atoms with Gasteiger partial charge in [-0.2, -0.15) is 8.78 Å². The summed E-state index contributed by atoms with van der Waals surface area (Å²) in [6, 6.07) is 15.3. The molecule has 2 unspecified atom stereocenters. The summed E-state index contributed by atoms with van der Waals surface area (Å²) in [6.07, 6.45) is 10.1. The lowest BCUT2D eigenvalue weighted by Crippen LogP contribution is -2.35. The number of carbonyl (C=O) groups is 1. The third-order valence-corrected chi connectivity index (χ3v) is 11.3. The predicted molar refractivity (Wildman–Crippen MR) is 179 cm³/mol. The lowest BCUT2D eigenvalue weighted by Gasteiger charge is -2.37. The normalized spacial score (nSPS) is 23.6. The molecule has 10 heteroatoms. The lowest BCUT2D eigenvalue weighted by atomic mass is 9.67. The molecule has 1 N–H and O–H groups in total. The Morgan fingerprint density at radius 1 is 1.13 bits per heavy atom. The van der Waals surface area contributed by atoms with Crippen LogP contribution in [0.1, 0.15) is 64.9 Å². The third-order valence-electron chi connectivity index (χ3n) is 10.1. The van der Waals surface area contributed by atoms with Crippen molar-refractivity contribution in [1.82, 2.24) is 14.8 Å². The van der Waals surface area contributed by atoms with E-state index in [4.69, 9.17) is 14.1 Å². The number of carboxylic acids is 1. The van der Waals surface area contributed by atoms with E-state index in [0.29, 0.717) is 35.5 Å². The van der Waals surface area contributed by atoms with Crippen molar-refractivity contribution in [2.45, 2.75) is 70.7 Å². The Morgan fingerprint density at radius 2 is 1.94 bits per heavy atom. The Kier molecular flexibility index (Phi) is 8.76. The fourth-order valence-corrected chi connectivity index (χ4v) is 8.88. The first-order chi connectivity index (χ1) is 22.7. The average molecular weight is 660 g/mol. The van der Waals surface area contributed by atoms with Crippen LogP contribution in [0.5, 0.6) is 5.75 Å². The van der Waals surface area contributed by atoms with E-state index >= 15 is 0 Å². The highest BCUT2D eigenvalue weighted by atomic mass is 32.1. The molecule has 2 aromatic heterocycles. The zero-order chi connectivity index (χ0) is 32.7. The maximum atomic E-state index is 13.6. The van der Waals surface area contributed by atoms with E-state index in [2.05, 4.69) is 67.3 Å². The topological polar surface area (TPSA) is 79.0 Å². The molecule has 2 fully saturated rings. The van der Waals surface area contributed by atoms with Crippen LogP contribution in [0.3, 0.4) is 0 Å². The Labute approximate surface area is 277 Å². The van der Waals surface area contributed by atoms with Gasteiger partial charge in [-0.3, -0.25) is 14.6 Å². The van der Waals surface area contributed by atoms with Crippen molar-refractivity contribution in [1.29, 1.82) is 0 Å². The van der Waals surface area contributed by atoms with Crippen molar-refractivity contribution in [3.63, 3.8) is 0 Å². The standard InChI is InChI=1S/C37H39F2N3O4S/c1-23-9-3-4-10-27(23)28-11-7-15-37(24(28)2,33-14-13-26(47-33)22-41-16-5-6-17-41)35-40-29-19-25(21-42-18-8-12-30(42)34(43)44)31(46-36(38)39)20-32(29)45-35/h3-4,7,9-11,13-15,19-20,24,30,36H,5-6,8,12,16-18,21-22H2,1-2H3,(H,43,44)/t24?,30-,37?/m0/s1. The van der Waals surface area contributed by atoms with E-state index in [1.807, 2.05) is 6.07 Å². The minimum Gasteiger partial charge on any atom is -0.480 e. The number of aryl methyl sites for hydroxylation is 1. The molecule has 0 saturated carbocycles. The molecule has 0 amide bonds. The van der Waals surface area contributed by atoms with Crippen LogP contribution in [0, 0.1) is 12.8 Å². The van der Waals surface area contributed by atoms with E-state index in [1.165, 1.54) is 34.9 Å². The maximum Gasteiger partial charge on any atom is 0.387 e. The van der Waals surface area contributed by atoms with Gasteiger partial charge in [-0.25, -0.2) is 4.98 Å². The number of carboxylic acid groups (broad SMARTS) is 1. The second-order valence-corrected chi connectivity index (χ2v) is 14.1. The number of aliphatic carboxylic acids is 1. The summed E-state index contributed by atoms with van der Waals surface area (Å²) >= 11 is 1.77. The number of alkyl halides is 2. The van der Waals surface area contributed by atoms with E-state index in [0.717, 1.165) is 36.5 Å². The molecule has 2 aliphatic heterocycles. The van der Waals surface area contributed by atoms with Gasteiger partial charge in [0.15, 0.2) is 5.58 Å². The molecular formula is C37H39F2N3O4S. The van der Waals surface area contributed by atoms with Gasteiger partial charge in [0.2, 0.25) is 5.89 Å². The van der Waals surface area contributed by atoms with Gasteiger partial charge in [-0.15, -0.1) is 11.3 Å². The quantitative estimate of drug-likeness (QED) is 0.185. The first-order valence-electron chi connectivity index (χ1n) is 16.4. The van der Waals surface area contributed by atoms with Crippen LogP contribution >= 0.6 is 11.3 Å². The molecule has 3 aliphatic rings. The number of hydrogen-bond donors (Lipinski definition) is 1. The molecular weight excluding hydrogens is 620 g/mol. The molecule has 0 bridgehead atoms. The molecule has 0 spiro atoms. The number of oxazole rings is 1. The number of thiophene rings is 1. The summed E-state index contributed by atoms with van der Waals surface area (Å²) in [5, 5.41) is 9.73. The van der Waals surface area contributed by atoms with Crippen LogP contribution < -0.4 is 4.74 Å². The molecule has 4 aromatic rings. The van der Waals surface area contributed by atoms with E-state index in [-0.39, 0.29) is 18.2 Å². The molecule has 1 aliphatic carbocycles. The van der Waals surface area contributed by atoms with Crippen LogP contribution in [0.25, 0.3) is 16.7 Å². The van der Waals surface area contributed by atoms with Crippen molar-refractivity contribution in [3.05, 3.63) is 99.1 Å². The van der Waals surface area contributed by atoms with Crippen molar-refractivity contribution in [2.24, 2.45) is 5.92 Å². The zero-order valence-electron chi connectivity index (χ0n) is 26.6. The fraction of sp³-hybridized carbons (Fsp3) is 0.405. The first-order valence-corrected chi connectivity index (χ1v) is 17.2. The molecule has 4 heterocycles. The third kappa shape index (κ3) is 6.03. The first kappa shape index (κ1) is 31.7. The van der Waals surface area contributed by atoms with Crippen molar-refractivity contribution >= 4 is 34.0 Å². The van der Waals surface area contributed by atoms with Crippen molar-refractivity contribution in [2.75, 3.05) is 19.6 Å². The summed E-state index contributed by atoms with van der Waals surface area (Å²) in [6.45, 7) is 5.10. The fourth-order valence-electron chi connectivity index (χ4n) is 7.58. The number of nitrogens with zero attached hydrogens (tertiary/aromatic N) is 3. The monoisotopic (exact) mass is 659 g/mol. The van der Waals surface area contributed by atoms with Gasteiger partial charge >= 0.3 is 12.6 Å². The molecule has 2 saturated heterocycles. The Balaban J connectivity index is 1.33. The second-order valence-electron chi connectivity index (χ2n) is 12.9. The summed E-state index contributed by atoms with van der Waals surface area (Å²) in [5.74, 6) is -0.537. The number of allylic oxidation sites excluding steroid dienone is 4. The maximum absolute atomic E-state index is 13.6. The van der Waals surface area contributed by atoms with E-state index in [1.54, 1.807) is 22.3 Å². The second kappa shape index (κ2) is 13.0. The van der Waals surface area contributed by atoms with Gasteiger partial charge in [-0.05, 0) is 87.1 Å². The summed E-state index contributed by atoms with van der Waals surface area (Å²) < 4.78 is 38.8. The van der Waals surface area contributed by atoms with Crippen molar-refractivity contribution < 1.29 is 27.8 Å². The minimum atomic E-state index is -3.04. The largest absolute Gasteiger partial charge is 0.480 e. The van der Waals surface area contributed by atoms with Gasteiger partial charge in [0, 0.05) is 40.4 Å². The predicted octanol–water partition coefficient (Wildman–Crippen LogP) is 8.02. The molecule has 2 aromatic carbocycles. The molecule has 7 nitrogen and oxygen atoms in total. The van der Waals surface area contributed by atoms with Crippen LogP contribution in [-0.2, 0) is 23.3 Å². The van der Waals surface area contributed by atoms with Gasteiger partial charge in [0.25, 0.3) is 0 Å². The number of halogens is 2. The Morgan fingerprint density at radius 3 is 2.70 bits per heavy atom. The molecule has 3 atom stereocenters. The summed E-state index contributed by atoms with van der Waals surface area (Å²) in [4.78, 5) is 23.6. The molecule has 0 radical (unpaired) electrons. The highest BCUT2D eigenvalue weighted by Gasteiger charge is 2.46. The minimum absolute atomic E-state index is 0.0305. The van der Waals surface area contributed by atoms with Gasteiger partial charge in [-0.1, -0.05) is 49.4 Å². The highest BCUT2D eigenvalue weighted by Crippen LogP contribution is 2.51. The summed E-state index contributed by atoms with van der Waals surface area (Å²) in [5.41, 5.74) is 4.06. The molecule has 7 rings (SSSR count). The number of ether oxygens (including phenoxy) is 1. The lowest BCUT2D eigenvalue weighted by molar-refractivity contribution is -0.142. The number of benzene rings is 2. The highest BCUT2D eigenvalue weighted by molar-refractivity contribution is 7.12. The average Bonchev–Trinajstić information content (AvgIpc) is 3.86. The number of likely N-dealkylation sites (tertiary alicyclic amines) is 2. The van der Waals surface area contributed by atoms with Crippen molar-refractivity contribution in [3.8, 4) is 5.75 Å². The van der Waals surface area contributed by atoms with Gasteiger partial charge < -0.3 is 14.3 Å². The molecule has 246 valence electrons. The van der Waals surface area contributed by atoms with E-state index in [9.17, 15) is 18.7 Å². The Bertz CT molecular complexity index is 1840. The van der Waals surface area contributed by atoms with Crippen LogP contribution in [0.15, 0.2) is 71.2 Å². The zero-order valence-corrected chi connectivity index (χ0v) is 27.4. The summed E-state index contributed by atoms with van der Waals surface area (Å²) in [7, 11) is 0. The van der Waals surface area contributed by atoms with E-state index < -0.39 is 24.0 Å².